The van der Waals surface area contributed by atoms with Gasteiger partial charge in [0.15, 0.2) is 0 Å². The standard InChI is InChI=1S/C12H18N2O2/c1-12(2,3)16-11(15)8-4-5-9(7-13)10(14)6-8/h4-6H,7,13-14H2,1-3H3. The van der Waals surface area contributed by atoms with Crippen LogP contribution >= 0.6 is 0 Å². The zero-order chi connectivity index (χ0) is 12.3. The Hall–Kier alpha value is -1.55. The average molecular weight is 222 g/mol. The molecule has 0 bridgehead atoms. The van der Waals surface area contributed by atoms with Crippen LogP contribution in [0.1, 0.15) is 36.7 Å². The maximum Gasteiger partial charge on any atom is 0.338 e. The van der Waals surface area contributed by atoms with Gasteiger partial charge in [-0.05, 0) is 38.5 Å². The number of hydrogen-bond donors (Lipinski definition) is 2. The van der Waals surface area contributed by atoms with Crippen LogP contribution < -0.4 is 11.5 Å². The number of anilines is 1. The number of carbonyl (C=O) groups is 1. The topological polar surface area (TPSA) is 78.3 Å². The molecule has 4 nitrogen and oxygen atoms in total. The molecule has 1 aromatic rings. The Morgan fingerprint density at radius 2 is 2.00 bits per heavy atom. The van der Waals surface area contributed by atoms with Crippen molar-refractivity contribution in [3.8, 4) is 0 Å². The van der Waals surface area contributed by atoms with Crippen molar-refractivity contribution in [2.24, 2.45) is 5.73 Å². The molecule has 0 saturated heterocycles. The molecule has 16 heavy (non-hydrogen) atoms. The summed E-state index contributed by atoms with van der Waals surface area (Å²) >= 11 is 0. The monoisotopic (exact) mass is 222 g/mol. The number of carbonyl (C=O) groups excluding carboxylic acids is 1. The van der Waals surface area contributed by atoms with Gasteiger partial charge in [0.1, 0.15) is 5.60 Å². The first-order valence-corrected chi connectivity index (χ1v) is 5.15. The molecule has 1 rings (SSSR count). The maximum absolute atomic E-state index is 11.7. The third kappa shape index (κ3) is 3.24. The van der Waals surface area contributed by atoms with Crippen molar-refractivity contribution in [1.29, 1.82) is 0 Å². The minimum Gasteiger partial charge on any atom is -0.456 e. The average Bonchev–Trinajstić information content (AvgIpc) is 2.15. The van der Waals surface area contributed by atoms with E-state index in [2.05, 4.69) is 0 Å². The van der Waals surface area contributed by atoms with Crippen molar-refractivity contribution in [3.63, 3.8) is 0 Å². The molecule has 4 N–H and O–H groups in total. The lowest BCUT2D eigenvalue weighted by atomic mass is 10.1. The molecule has 0 fully saturated rings. The Morgan fingerprint density at radius 1 is 1.38 bits per heavy atom. The second kappa shape index (κ2) is 4.53. The molecular weight excluding hydrogens is 204 g/mol. The summed E-state index contributed by atoms with van der Waals surface area (Å²) in [6.45, 7) is 5.83. The molecule has 88 valence electrons. The lowest BCUT2D eigenvalue weighted by Crippen LogP contribution is -2.24. The molecule has 0 aliphatic carbocycles. The van der Waals surface area contributed by atoms with Crippen molar-refractivity contribution < 1.29 is 9.53 Å². The van der Waals surface area contributed by atoms with Gasteiger partial charge in [-0.3, -0.25) is 0 Å². The van der Waals surface area contributed by atoms with Crippen LogP contribution in [0.4, 0.5) is 5.69 Å². The summed E-state index contributed by atoms with van der Waals surface area (Å²) in [5.41, 5.74) is 12.5. The third-order valence-electron chi connectivity index (χ3n) is 2.00. The molecule has 0 aromatic heterocycles. The highest BCUT2D eigenvalue weighted by atomic mass is 16.6. The number of esters is 1. The van der Waals surface area contributed by atoms with Crippen LogP contribution in [0.2, 0.25) is 0 Å². The SMILES string of the molecule is CC(C)(C)OC(=O)c1ccc(CN)c(N)c1. The fraction of sp³-hybridized carbons (Fsp3) is 0.417. The van der Waals surface area contributed by atoms with Crippen molar-refractivity contribution >= 4 is 11.7 Å². The van der Waals surface area contributed by atoms with E-state index in [9.17, 15) is 4.79 Å². The van der Waals surface area contributed by atoms with Gasteiger partial charge in [0.25, 0.3) is 0 Å². The van der Waals surface area contributed by atoms with Gasteiger partial charge in [-0.25, -0.2) is 4.79 Å². The van der Waals surface area contributed by atoms with Gasteiger partial charge in [-0.2, -0.15) is 0 Å². The second-order valence-corrected chi connectivity index (χ2v) is 4.62. The number of rotatable bonds is 2. The van der Waals surface area contributed by atoms with Crippen LogP contribution in [0.5, 0.6) is 0 Å². The van der Waals surface area contributed by atoms with E-state index in [0.717, 1.165) is 5.56 Å². The van der Waals surface area contributed by atoms with Gasteiger partial charge >= 0.3 is 5.97 Å². The van der Waals surface area contributed by atoms with E-state index in [1.54, 1.807) is 18.2 Å². The Kier molecular flexibility index (Phi) is 3.55. The zero-order valence-corrected chi connectivity index (χ0v) is 9.91. The number of nitrogen functional groups attached to an aromatic ring is 1. The molecule has 4 heteroatoms. The number of hydrogen-bond acceptors (Lipinski definition) is 4. The zero-order valence-electron chi connectivity index (χ0n) is 9.91. The van der Waals surface area contributed by atoms with Gasteiger partial charge in [0.2, 0.25) is 0 Å². The summed E-state index contributed by atoms with van der Waals surface area (Å²) in [6, 6.07) is 5.01. The molecule has 0 unspecified atom stereocenters. The molecule has 0 heterocycles. The van der Waals surface area contributed by atoms with Crippen LogP contribution in [0.3, 0.4) is 0 Å². The molecule has 1 aromatic carbocycles. The lowest BCUT2D eigenvalue weighted by molar-refractivity contribution is 0.00696. The van der Waals surface area contributed by atoms with Crippen LogP contribution in [-0.4, -0.2) is 11.6 Å². The predicted molar refractivity (Wildman–Crippen MR) is 63.9 cm³/mol. The summed E-state index contributed by atoms with van der Waals surface area (Å²) < 4.78 is 5.23. The first-order valence-electron chi connectivity index (χ1n) is 5.15. The Balaban J connectivity index is 2.89. The smallest absolute Gasteiger partial charge is 0.338 e. The van der Waals surface area contributed by atoms with E-state index >= 15 is 0 Å². The molecule has 0 atom stereocenters. The first-order chi connectivity index (χ1) is 7.33. The van der Waals surface area contributed by atoms with E-state index in [-0.39, 0.29) is 5.97 Å². The van der Waals surface area contributed by atoms with Gasteiger partial charge in [0, 0.05) is 12.2 Å². The minimum absolute atomic E-state index is 0.362. The van der Waals surface area contributed by atoms with Gasteiger partial charge < -0.3 is 16.2 Å². The largest absolute Gasteiger partial charge is 0.456 e. The molecule has 0 spiro atoms. The van der Waals surface area contributed by atoms with E-state index in [4.69, 9.17) is 16.2 Å². The summed E-state index contributed by atoms with van der Waals surface area (Å²) in [6.07, 6.45) is 0. The van der Waals surface area contributed by atoms with Crippen LogP contribution in [-0.2, 0) is 11.3 Å². The molecular formula is C12H18N2O2. The van der Waals surface area contributed by atoms with E-state index in [0.29, 0.717) is 17.8 Å². The highest BCUT2D eigenvalue weighted by Crippen LogP contribution is 2.17. The Bertz CT molecular complexity index is 394. The van der Waals surface area contributed by atoms with Crippen molar-refractivity contribution in [3.05, 3.63) is 29.3 Å². The van der Waals surface area contributed by atoms with E-state index < -0.39 is 5.60 Å². The van der Waals surface area contributed by atoms with Crippen molar-refractivity contribution in [1.82, 2.24) is 0 Å². The van der Waals surface area contributed by atoms with Crippen molar-refractivity contribution in [2.45, 2.75) is 32.9 Å². The number of nitrogens with two attached hydrogens (primary N) is 2. The first kappa shape index (κ1) is 12.5. The fourth-order valence-electron chi connectivity index (χ4n) is 1.24. The molecule has 0 saturated carbocycles. The second-order valence-electron chi connectivity index (χ2n) is 4.62. The summed E-state index contributed by atoms with van der Waals surface area (Å²) in [7, 11) is 0. The van der Waals surface area contributed by atoms with Gasteiger partial charge in [0.05, 0.1) is 5.56 Å². The summed E-state index contributed by atoms with van der Waals surface area (Å²) in [5, 5.41) is 0. The highest BCUT2D eigenvalue weighted by molar-refractivity contribution is 5.91. The fourth-order valence-corrected chi connectivity index (χ4v) is 1.24. The van der Waals surface area contributed by atoms with E-state index in [1.807, 2.05) is 20.8 Å². The highest BCUT2D eigenvalue weighted by Gasteiger charge is 2.18. The molecule has 0 aliphatic heterocycles. The third-order valence-corrected chi connectivity index (χ3v) is 2.00. The Labute approximate surface area is 95.6 Å². The van der Waals surface area contributed by atoms with Crippen LogP contribution in [0.15, 0.2) is 18.2 Å². The minimum atomic E-state index is -0.502. The van der Waals surface area contributed by atoms with Gasteiger partial charge in [-0.1, -0.05) is 6.07 Å². The molecule has 0 amide bonds. The predicted octanol–water partition coefficient (Wildman–Crippen LogP) is 1.68. The number of ether oxygens (including phenoxy) is 1. The maximum atomic E-state index is 11.7. The molecule has 0 aliphatic rings. The lowest BCUT2D eigenvalue weighted by Gasteiger charge is -2.19. The Morgan fingerprint density at radius 3 is 2.44 bits per heavy atom. The van der Waals surface area contributed by atoms with Gasteiger partial charge in [-0.15, -0.1) is 0 Å². The van der Waals surface area contributed by atoms with Crippen LogP contribution in [0.25, 0.3) is 0 Å². The molecule has 0 radical (unpaired) electrons. The number of benzene rings is 1. The summed E-state index contributed by atoms with van der Waals surface area (Å²) in [4.78, 5) is 11.7. The van der Waals surface area contributed by atoms with Crippen molar-refractivity contribution in [2.75, 3.05) is 5.73 Å². The van der Waals surface area contributed by atoms with E-state index in [1.165, 1.54) is 0 Å². The summed E-state index contributed by atoms with van der Waals surface area (Å²) in [5.74, 6) is -0.372. The normalized spacial score (nSPS) is 11.2. The van der Waals surface area contributed by atoms with Crippen LogP contribution in [0, 0.1) is 0 Å². The quantitative estimate of drug-likeness (QED) is 0.589.